The van der Waals surface area contributed by atoms with Gasteiger partial charge in [-0.25, -0.2) is 4.57 Å². The van der Waals surface area contributed by atoms with Crippen LogP contribution < -0.4 is 21.5 Å². The molecular formula is C22H24BrN3. The van der Waals surface area contributed by atoms with E-state index in [2.05, 4.69) is 97.5 Å². The summed E-state index contributed by atoms with van der Waals surface area (Å²) in [7, 11) is 0. The smallest absolute Gasteiger partial charge is 0.287 e. The first-order valence-corrected chi connectivity index (χ1v) is 8.80. The van der Waals surface area contributed by atoms with Crippen molar-refractivity contribution in [3.63, 3.8) is 0 Å². The lowest BCUT2D eigenvalue weighted by molar-refractivity contribution is -0.636. The van der Waals surface area contributed by atoms with Gasteiger partial charge in [0, 0.05) is 17.5 Å². The van der Waals surface area contributed by atoms with Crippen LogP contribution in [0.25, 0.3) is 16.7 Å². The van der Waals surface area contributed by atoms with Crippen molar-refractivity contribution in [1.29, 1.82) is 0 Å². The second-order valence-electron chi connectivity index (χ2n) is 7.71. The Morgan fingerprint density at radius 3 is 2.38 bits per heavy atom. The van der Waals surface area contributed by atoms with Gasteiger partial charge in [0.2, 0.25) is 0 Å². The highest BCUT2D eigenvalue weighted by atomic mass is 79.9. The number of rotatable bonds is 2. The van der Waals surface area contributed by atoms with Gasteiger partial charge in [0.1, 0.15) is 6.54 Å². The Balaban J connectivity index is 0.00000196. The molecule has 134 valence electrons. The molecule has 0 bridgehead atoms. The fourth-order valence-electron chi connectivity index (χ4n) is 3.45. The number of halogens is 1. The number of hydrogen-bond donors (Lipinski definition) is 0. The Kier molecular flexibility index (Phi) is 4.89. The SMILES string of the molecule is Cc1nc(C(C)(C)C)cc2c1[n+](Cc1ccccc1)c1ccccn21.[Br-]. The first kappa shape index (κ1) is 18.6. The van der Waals surface area contributed by atoms with Crippen molar-refractivity contribution in [2.75, 3.05) is 0 Å². The largest absolute Gasteiger partial charge is 1.00 e. The third-order valence-corrected chi connectivity index (χ3v) is 4.74. The van der Waals surface area contributed by atoms with Crippen LogP contribution in [0, 0.1) is 6.92 Å². The van der Waals surface area contributed by atoms with Gasteiger partial charge in [0.05, 0.1) is 17.6 Å². The summed E-state index contributed by atoms with van der Waals surface area (Å²) in [6.45, 7) is 9.62. The number of hydrogen-bond acceptors (Lipinski definition) is 1. The van der Waals surface area contributed by atoms with E-state index in [1.54, 1.807) is 0 Å². The van der Waals surface area contributed by atoms with Crippen LogP contribution in [0.4, 0.5) is 0 Å². The molecule has 1 aromatic carbocycles. The van der Waals surface area contributed by atoms with E-state index < -0.39 is 0 Å². The molecule has 0 aliphatic rings. The molecule has 0 aliphatic heterocycles. The summed E-state index contributed by atoms with van der Waals surface area (Å²) >= 11 is 0. The number of imidazole rings is 1. The number of nitrogens with zero attached hydrogens (tertiary/aromatic N) is 3. The van der Waals surface area contributed by atoms with Crippen molar-refractivity contribution in [3.05, 3.63) is 77.7 Å². The summed E-state index contributed by atoms with van der Waals surface area (Å²) in [4.78, 5) is 4.94. The van der Waals surface area contributed by atoms with E-state index in [9.17, 15) is 0 Å². The van der Waals surface area contributed by atoms with Crippen molar-refractivity contribution in [2.45, 2.75) is 39.7 Å². The van der Waals surface area contributed by atoms with Crippen molar-refractivity contribution in [2.24, 2.45) is 0 Å². The van der Waals surface area contributed by atoms with E-state index in [1.165, 1.54) is 22.2 Å². The molecule has 4 rings (SSSR count). The minimum Gasteiger partial charge on any atom is -1.00 e. The van der Waals surface area contributed by atoms with Crippen LogP contribution in [0.15, 0.2) is 60.8 Å². The molecule has 3 aromatic heterocycles. The fourth-order valence-corrected chi connectivity index (χ4v) is 3.45. The summed E-state index contributed by atoms with van der Waals surface area (Å²) in [6, 6.07) is 19.2. The van der Waals surface area contributed by atoms with Gasteiger partial charge in [-0.2, -0.15) is 4.40 Å². The number of aromatic nitrogens is 3. The zero-order valence-electron chi connectivity index (χ0n) is 15.7. The standard InChI is InChI=1S/C22H24N3.BrH/c1-16-21-18(14-19(23-16)22(2,3)4)24-13-9-8-12-20(24)25(21)15-17-10-6-5-7-11-17;/h5-14H,15H2,1-4H3;1H/q+1;/p-1. The number of aryl methyl sites for hydroxylation is 1. The van der Waals surface area contributed by atoms with Gasteiger partial charge in [-0.05, 0) is 18.6 Å². The molecule has 3 nitrogen and oxygen atoms in total. The van der Waals surface area contributed by atoms with Crippen molar-refractivity contribution >= 4 is 16.7 Å². The minimum atomic E-state index is 0. The summed E-state index contributed by atoms with van der Waals surface area (Å²) in [5, 5.41) is 0. The maximum atomic E-state index is 4.94. The van der Waals surface area contributed by atoms with Gasteiger partial charge in [0.15, 0.2) is 11.0 Å². The maximum Gasteiger partial charge on any atom is 0.287 e. The van der Waals surface area contributed by atoms with Gasteiger partial charge >= 0.3 is 0 Å². The van der Waals surface area contributed by atoms with Gasteiger partial charge in [-0.1, -0.05) is 57.2 Å². The normalized spacial score (nSPS) is 11.7. The van der Waals surface area contributed by atoms with E-state index in [0.717, 1.165) is 17.9 Å². The van der Waals surface area contributed by atoms with Crippen LogP contribution in [0.1, 0.15) is 37.7 Å². The van der Waals surface area contributed by atoms with Gasteiger partial charge in [-0.3, -0.25) is 4.98 Å². The lowest BCUT2D eigenvalue weighted by Crippen LogP contribution is -3.00. The van der Waals surface area contributed by atoms with Crippen molar-refractivity contribution in [1.82, 2.24) is 9.38 Å². The molecule has 3 heterocycles. The predicted molar refractivity (Wildman–Crippen MR) is 102 cm³/mol. The molecule has 26 heavy (non-hydrogen) atoms. The minimum absolute atomic E-state index is 0. The van der Waals surface area contributed by atoms with Gasteiger partial charge in [0.25, 0.3) is 5.65 Å². The zero-order chi connectivity index (χ0) is 17.6. The van der Waals surface area contributed by atoms with Crippen LogP contribution >= 0.6 is 0 Å². The summed E-state index contributed by atoms with van der Waals surface area (Å²) < 4.78 is 4.65. The second kappa shape index (κ2) is 6.84. The van der Waals surface area contributed by atoms with Crippen LogP contribution in [0.5, 0.6) is 0 Å². The summed E-state index contributed by atoms with van der Waals surface area (Å²) in [6.07, 6.45) is 2.14. The van der Waals surface area contributed by atoms with Crippen LogP contribution in [-0.4, -0.2) is 9.38 Å². The quantitative estimate of drug-likeness (QED) is 0.459. The van der Waals surface area contributed by atoms with Crippen molar-refractivity contribution in [3.8, 4) is 0 Å². The Morgan fingerprint density at radius 2 is 1.69 bits per heavy atom. The fraction of sp³-hybridized carbons (Fsp3) is 0.273. The number of fused-ring (bicyclic) bond motifs is 3. The van der Waals surface area contributed by atoms with Crippen molar-refractivity contribution < 1.29 is 21.5 Å². The molecule has 0 fully saturated rings. The third-order valence-electron chi connectivity index (χ3n) is 4.74. The molecule has 0 radical (unpaired) electrons. The molecule has 0 unspecified atom stereocenters. The van der Waals surface area contributed by atoms with Crippen LogP contribution in [0.3, 0.4) is 0 Å². The lowest BCUT2D eigenvalue weighted by Gasteiger charge is -2.17. The molecule has 0 atom stereocenters. The van der Waals surface area contributed by atoms with E-state index in [0.29, 0.717) is 0 Å². The predicted octanol–water partition coefficient (Wildman–Crippen LogP) is 1.43. The first-order valence-electron chi connectivity index (χ1n) is 8.80. The highest BCUT2D eigenvalue weighted by molar-refractivity contribution is 5.78. The molecule has 4 aromatic rings. The second-order valence-corrected chi connectivity index (χ2v) is 7.71. The highest BCUT2D eigenvalue weighted by Gasteiger charge is 2.25. The molecule has 0 amide bonds. The van der Waals surface area contributed by atoms with E-state index in [1.807, 2.05) is 0 Å². The van der Waals surface area contributed by atoms with E-state index >= 15 is 0 Å². The number of pyridine rings is 2. The Bertz CT molecular complexity index is 1060. The molecule has 0 N–H and O–H groups in total. The Morgan fingerprint density at radius 1 is 1.00 bits per heavy atom. The highest BCUT2D eigenvalue weighted by Crippen LogP contribution is 2.26. The Hall–Kier alpha value is -2.20. The Labute approximate surface area is 165 Å². The van der Waals surface area contributed by atoms with E-state index in [-0.39, 0.29) is 22.4 Å². The molecule has 0 saturated heterocycles. The monoisotopic (exact) mass is 409 g/mol. The molecule has 0 spiro atoms. The lowest BCUT2D eigenvalue weighted by atomic mass is 9.91. The summed E-state index contributed by atoms with van der Waals surface area (Å²) in [5.41, 5.74) is 7.17. The number of benzene rings is 1. The van der Waals surface area contributed by atoms with Gasteiger partial charge < -0.3 is 17.0 Å². The molecule has 4 heteroatoms. The molecular weight excluding hydrogens is 386 g/mol. The molecule has 0 aliphatic carbocycles. The first-order chi connectivity index (χ1) is 11.9. The third kappa shape index (κ3) is 3.14. The maximum absolute atomic E-state index is 4.94. The topological polar surface area (TPSA) is 21.2 Å². The zero-order valence-corrected chi connectivity index (χ0v) is 17.3. The van der Waals surface area contributed by atoms with Crippen LogP contribution in [-0.2, 0) is 12.0 Å². The van der Waals surface area contributed by atoms with Gasteiger partial charge in [-0.15, -0.1) is 0 Å². The average Bonchev–Trinajstić information content (AvgIpc) is 2.90. The van der Waals surface area contributed by atoms with E-state index in [4.69, 9.17) is 4.98 Å². The summed E-state index contributed by atoms with van der Waals surface area (Å²) in [5.74, 6) is 0. The molecule has 0 saturated carbocycles. The van der Waals surface area contributed by atoms with Crippen LogP contribution in [0.2, 0.25) is 0 Å². The average molecular weight is 410 g/mol.